The first-order valence-electron chi connectivity index (χ1n) is 7.41. The first-order valence-corrected chi connectivity index (χ1v) is 7.41. The Bertz CT molecular complexity index is 341. The zero-order valence-electron chi connectivity index (χ0n) is 11.3. The largest absolute Gasteiger partial charge is 0.353 e. The molecule has 0 aromatic rings. The van der Waals surface area contributed by atoms with Gasteiger partial charge in [-0.1, -0.05) is 24.3 Å². The summed E-state index contributed by atoms with van der Waals surface area (Å²) in [5.41, 5.74) is 0.286. The van der Waals surface area contributed by atoms with Gasteiger partial charge in [-0.15, -0.1) is 0 Å². The molecule has 0 amide bonds. The molecule has 3 aliphatic rings. The Morgan fingerprint density at radius 1 is 1.39 bits per heavy atom. The molecule has 1 saturated carbocycles. The van der Waals surface area contributed by atoms with E-state index in [9.17, 15) is 0 Å². The smallest absolute Gasteiger partial charge is 0.157 e. The summed E-state index contributed by atoms with van der Waals surface area (Å²) in [5.74, 6) is 0.752. The highest BCUT2D eigenvalue weighted by Gasteiger charge is 2.46. The fourth-order valence-electron chi connectivity index (χ4n) is 3.86. The molecule has 100 valence electrons. The highest BCUT2D eigenvalue weighted by molar-refractivity contribution is 5.23. The predicted octanol–water partition coefficient (Wildman–Crippen LogP) is 3.83. The van der Waals surface area contributed by atoms with Crippen LogP contribution in [0.1, 0.15) is 45.4 Å². The molecule has 2 fully saturated rings. The van der Waals surface area contributed by atoms with Gasteiger partial charge in [0.1, 0.15) is 0 Å². The highest BCUT2D eigenvalue weighted by Crippen LogP contribution is 2.52. The fraction of sp³-hybridized carbons (Fsp3) is 0.750. The lowest BCUT2D eigenvalue weighted by Crippen LogP contribution is -2.27. The van der Waals surface area contributed by atoms with Crippen LogP contribution in [0.3, 0.4) is 0 Å². The average molecular weight is 248 g/mol. The van der Waals surface area contributed by atoms with Gasteiger partial charge in [0.15, 0.2) is 6.29 Å². The number of allylic oxidation sites excluding steroid dienone is 4. The van der Waals surface area contributed by atoms with Crippen molar-refractivity contribution >= 4 is 0 Å². The van der Waals surface area contributed by atoms with Crippen molar-refractivity contribution in [2.75, 3.05) is 6.61 Å². The van der Waals surface area contributed by atoms with Crippen LogP contribution in [0.25, 0.3) is 0 Å². The van der Waals surface area contributed by atoms with Gasteiger partial charge >= 0.3 is 0 Å². The van der Waals surface area contributed by atoms with Crippen molar-refractivity contribution in [2.24, 2.45) is 11.3 Å². The summed E-state index contributed by atoms with van der Waals surface area (Å²) >= 11 is 0. The number of hydrogen-bond donors (Lipinski definition) is 0. The Morgan fingerprint density at radius 2 is 2.33 bits per heavy atom. The summed E-state index contributed by atoms with van der Waals surface area (Å²) in [5, 5.41) is 0. The zero-order valence-corrected chi connectivity index (χ0v) is 11.3. The molecule has 0 radical (unpaired) electrons. The maximum absolute atomic E-state index is 6.17. The average Bonchev–Trinajstić information content (AvgIpc) is 2.87. The van der Waals surface area contributed by atoms with E-state index in [0.29, 0.717) is 6.10 Å². The highest BCUT2D eigenvalue weighted by atomic mass is 16.7. The van der Waals surface area contributed by atoms with Gasteiger partial charge in [0, 0.05) is 12.0 Å². The van der Waals surface area contributed by atoms with Crippen molar-refractivity contribution in [3.63, 3.8) is 0 Å². The van der Waals surface area contributed by atoms with Crippen LogP contribution in [-0.2, 0) is 9.47 Å². The lowest BCUT2D eigenvalue weighted by atomic mass is 9.81. The summed E-state index contributed by atoms with van der Waals surface area (Å²) in [7, 11) is 0. The van der Waals surface area contributed by atoms with Gasteiger partial charge in [-0.3, -0.25) is 0 Å². The minimum atomic E-state index is 0.0641. The van der Waals surface area contributed by atoms with Crippen LogP contribution in [0.2, 0.25) is 0 Å². The molecule has 0 aromatic heterocycles. The van der Waals surface area contributed by atoms with Crippen molar-refractivity contribution in [2.45, 2.75) is 57.8 Å². The Balaban J connectivity index is 1.61. The molecule has 18 heavy (non-hydrogen) atoms. The van der Waals surface area contributed by atoms with Gasteiger partial charge in [0.2, 0.25) is 0 Å². The zero-order chi connectivity index (χ0) is 12.4. The molecule has 2 heteroatoms. The standard InChI is InChI=1S/C16H24O2/c1-2-8-16-9-5-6-13(16)11-14(12-16)18-15-7-3-4-10-17-15/h2,5,8-9,13-15H,3-4,6-7,10-12H2,1H3/b8-2-/t13-,14+,15?,16-/m0/s1. The van der Waals surface area contributed by atoms with Crippen molar-refractivity contribution in [1.82, 2.24) is 0 Å². The Hall–Kier alpha value is -0.600. The number of rotatable bonds is 3. The summed E-state index contributed by atoms with van der Waals surface area (Å²) in [6, 6.07) is 0. The molecule has 1 unspecified atom stereocenters. The first-order chi connectivity index (χ1) is 8.82. The molecular weight excluding hydrogens is 224 g/mol. The molecule has 1 heterocycles. The van der Waals surface area contributed by atoms with Gasteiger partial charge in [0.25, 0.3) is 0 Å². The number of fused-ring (bicyclic) bond motifs is 1. The summed E-state index contributed by atoms with van der Waals surface area (Å²) in [4.78, 5) is 0. The van der Waals surface area contributed by atoms with Gasteiger partial charge in [-0.25, -0.2) is 0 Å². The Labute approximate surface area is 110 Å². The lowest BCUT2D eigenvalue weighted by Gasteiger charge is -2.27. The molecule has 2 aliphatic carbocycles. The minimum absolute atomic E-state index is 0.0641. The normalized spacial score (nSPS) is 43.7. The molecule has 1 saturated heterocycles. The van der Waals surface area contributed by atoms with E-state index in [0.717, 1.165) is 25.4 Å². The third-order valence-corrected chi connectivity index (χ3v) is 4.70. The summed E-state index contributed by atoms with van der Waals surface area (Å²) < 4.78 is 11.9. The van der Waals surface area contributed by atoms with E-state index in [-0.39, 0.29) is 11.7 Å². The van der Waals surface area contributed by atoms with Crippen molar-refractivity contribution in [3.8, 4) is 0 Å². The molecule has 1 aliphatic heterocycles. The van der Waals surface area contributed by atoms with Gasteiger partial charge < -0.3 is 9.47 Å². The quantitative estimate of drug-likeness (QED) is 0.707. The van der Waals surface area contributed by atoms with Crippen LogP contribution in [0.4, 0.5) is 0 Å². The topological polar surface area (TPSA) is 18.5 Å². The molecular formula is C16H24O2. The van der Waals surface area contributed by atoms with Crippen molar-refractivity contribution in [1.29, 1.82) is 0 Å². The fourth-order valence-corrected chi connectivity index (χ4v) is 3.86. The van der Waals surface area contributed by atoms with E-state index in [4.69, 9.17) is 9.47 Å². The summed E-state index contributed by atoms with van der Waals surface area (Å²) in [6.45, 7) is 3.00. The third-order valence-electron chi connectivity index (χ3n) is 4.70. The van der Waals surface area contributed by atoms with Gasteiger partial charge in [-0.2, -0.15) is 0 Å². The summed E-state index contributed by atoms with van der Waals surface area (Å²) in [6.07, 6.45) is 16.8. The second-order valence-electron chi connectivity index (χ2n) is 5.94. The number of ether oxygens (including phenoxy) is 2. The van der Waals surface area contributed by atoms with Crippen LogP contribution in [-0.4, -0.2) is 19.0 Å². The van der Waals surface area contributed by atoms with E-state index in [1.165, 1.54) is 25.7 Å². The van der Waals surface area contributed by atoms with Gasteiger partial charge in [0.05, 0.1) is 6.10 Å². The van der Waals surface area contributed by atoms with Crippen LogP contribution >= 0.6 is 0 Å². The molecule has 0 N–H and O–H groups in total. The van der Waals surface area contributed by atoms with Crippen molar-refractivity contribution in [3.05, 3.63) is 24.3 Å². The van der Waals surface area contributed by atoms with Crippen LogP contribution in [0, 0.1) is 11.3 Å². The van der Waals surface area contributed by atoms with E-state index in [1.807, 2.05) is 0 Å². The van der Waals surface area contributed by atoms with E-state index in [2.05, 4.69) is 31.2 Å². The lowest BCUT2D eigenvalue weighted by molar-refractivity contribution is -0.187. The van der Waals surface area contributed by atoms with Crippen LogP contribution in [0.15, 0.2) is 24.3 Å². The van der Waals surface area contributed by atoms with E-state index >= 15 is 0 Å². The molecule has 2 nitrogen and oxygen atoms in total. The van der Waals surface area contributed by atoms with Crippen LogP contribution in [0.5, 0.6) is 0 Å². The molecule has 0 aromatic carbocycles. The van der Waals surface area contributed by atoms with E-state index < -0.39 is 0 Å². The molecule has 4 atom stereocenters. The van der Waals surface area contributed by atoms with Crippen LogP contribution < -0.4 is 0 Å². The van der Waals surface area contributed by atoms with Crippen molar-refractivity contribution < 1.29 is 9.47 Å². The number of hydrogen-bond acceptors (Lipinski definition) is 2. The molecule has 0 bridgehead atoms. The third kappa shape index (κ3) is 2.28. The predicted molar refractivity (Wildman–Crippen MR) is 72.2 cm³/mol. The first kappa shape index (κ1) is 12.4. The second kappa shape index (κ2) is 5.18. The molecule has 3 rings (SSSR count). The Morgan fingerprint density at radius 3 is 3.11 bits per heavy atom. The maximum atomic E-state index is 6.17. The van der Waals surface area contributed by atoms with E-state index in [1.54, 1.807) is 0 Å². The second-order valence-corrected chi connectivity index (χ2v) is 5.94. The SMILES string of the molecule is C/C=C\[C@@]12C=CC[C@H]1C[C@@H](OC1CCCCO1)C2. The monoisotopic (exact) mass is 248 g/mol. The van der Waals surface area contributed by atoms with Gasteiger partial charge in [-0.05, 0) is 51.4 Å². The minimum Gasteiger partial charge on any atom is -0.353 e. The molecule has 0 spiro atoms. The Kier molecular flexibility index (Phi) is 3.58. The maximum Gasteiger partial charge on any atom is 0.157 e.